The molecule has 2 rings (SSSR count). The van der Waals surface area contributed by atoms with Gasteiger partial charge in [-0.05, 0) is 5.53 Å². The zero-order valence-corrected chi connectivity index (χ0v) is 10.5. The fourth-order valence-corrected chi connectivity index (χ4v) is 2.11. The minimum Gasteiger partial charge on any atom is -0.394 e. The van der Waals surface area contributed by atoms with Crippen LogP contribution in [0.3, 0.4) is 0 Å². The highest BCUT2D eigenvalue weighted by atomic mass is 19.2. The number of hydrogen-bond acceptors (Lipinski definition) is 5. The summed E-state index contributed by atoms with van der Waals surface area (Å²) in [5.74, 6) is 0. The zero-order chi connectivity index (χ0) is 15.6. The van der Waals surface area contributed by atoms with Crippen molar-refractivity contribution in [2.24, 2.45) is 5.11 Å². The molecule has 21 heavy (non-hydrogen) atoms. The predicted octanol–water partition coefficient (Wildman–Crippen LogP) is 0.433. The molecule has 1 saturated heterocycles. The average molecular weight is 302 g/mol. The molecule has 0 amide bonds. The van der Waals surface area contributed by atoms with Crippen LogP contribution in [0.5, 0.6) is 0 Å². The van der Waals surface area contributed by atoms with Gasteiger partial charge in [0, 0.05) is 17.5 Å². The van der Waals surface area contributed by atoms with E-state index in [0.717, 1.165) is 4.57 Å². The molecule has 1 aromatic rings. The Morgan fingerprint density at radius 2 is 2.33 bits per heavy atom. The van der Waals surface area contributed by atoms with Gasteiger partial charge in [0.2, 0.25) is 0 Å². The smallest absolute Gasteiger partial charge is 0.330 e. The molecule has 0 aliphatic carbocycles. The van der Waals surface area contributed by atoms with Crippen LogP contribution in [0.25, 0.3) is 10.4 Å². The number of nitrogens with zero attached hydrogens (tertiary/aromatic N) is 4. The molecule has 2 heterocycles. The summed E-state index contributed by atoms with van der Waals surface area (Å²) in [4.78, 5) is 27.3. The van der Waals surface area contributed by atoms with Gasteiger partial charge in [-0.3, -0.25) is 14.3 Å². The van der Waals surface area contributed by atoms with Crippen molar-refractivity contribution < 1.29 is 18.6 Å². The maximum atomic E-state index is 12.7. The number of aromatic nitrogens is 2. The van der Waals surface area contributed by atoms with Crippen LogP contribution in [0.15, 0.2) is 20.9 Å². The van der Waals surface area contributed by atoms with Gasteiger partial charge in [0.05, 0.1) is 24.3 Å². The fourth-order valence-electron chi connectivity index (χ4n) is 2.11. The molecule has 0 radical (unpaired) electrons. The lowest BCUT2D eigenvalue weighted by molar-refractivity contribution is -0.0275. The van der Waals surface area contributed by atoms with Gasteiger partial charge in [0.25, 0.3) is 12.0 Å². The summed E-state index contributed by atoms with van der Waals surface area (Å²) in [5, 5.41) is 12.5. The number of ether oxygens (including phenoxy) is 1. The first kappa shape index (κ1) is 15.2. The van der Waals surface area contributed by atoms with Crippen molar-refractivity contribution in [3.8, 4) is 0 Å². The van der Waals surface area contributed by atoms with Gasteiger partial charge in [0.15, 0.2) is 0 Å². The number of aliphatic hydroxyl groups excluding tert-OH is 1. The first-order valence-corrected chi connectivity index (χ1v) is 5.92. The van der Waals surface area contributed by atoms with Crippen molar-refractivity contribution in [3.63, 3.8) is 0 Å². The Kier molecular flexibility index (Phi) is 4.36. The van der Waals surface area contributed by atoms with Crippen LogP contribution in [-0.2, 0) is 4.74 Å². The van der Waals surface area contributed by atoms with Crippen molar-refractivity contribution in [2.45, 2.75) is 31.2 Å². The minimum absolute atomic E-state index is 0.0178. The zero-order valence-electron chi connectivity index (χ0n) is 10.5. The van der Waals surface area contributed by atoms with Crippen molar-refractivity contribution in [1.82, 2.24) is 9.55 Å². The number of rotatable bonds is 4. The van der Waals surface area contributed by atoms with Crippen molar-refractivity contribution in [2.75, 3.05) is 6.61 Å². The fraction of sp³-hybridized carbons (Fsp3) is 0.600. The van der Waals surface area contributed by atoms with E-state index >= 15 is 0 Å². The van der Waals surface area contributed by atoms with E-state index in [0.29, 0.717) is 6.20 Å². The summed E-state index contributed by atoms with van der Waals surface area (Å²) >= 11 is 0. The number of H-pyrrole nitrogens is 1. The largest absolute Gasteiger partial charge is 0.394 e. The van der Waals surface area contributed by atoms with Gasteiger partial charge < -0.3 is 9.84 Å². The summed E-state index contributed by atoms with van der Waals surface area (Å²) in [6, 6.07) is -0.737. The Labute approximate surface area is 115 Å². The molecule has 0 aromatic carbocycles. The number of nitrogens with one attached hydrogen (secondary N) is 1. The third-order valence-electron chi connectivity index (χ3n) is 3.12. The number of aromatic amines is 1. The molecular weight excluding hydrogens is 291 g/mol. The third kappa shape index (κ3) is 2.94. The lowest BCUT2D eigenvalue weighted by atomic mass is 10.1. The van der Waals surface area contributed by atoms with Crippen LogP contribution in [0, 0.1) is 0 Å². The van der Waals surface area contributed by atoms with Crippen LogP contribution >= 0.6 is 0 Å². The molecule has 11 heteroatoms. The lowest BCUT2D eigenvalue weighted by Crippen LogP contribution is -2.34. The van der Waals surface area contributed by atoms with Gasteiger partial charge in [-0.2, -0.15) is 0 Å². The normalized spacial score (nSPS) is 26.3. The van der Waals surface area contributed by atoms with E-state index in [4.69, 9.17) is 15.4 Å². The van der Waals surface area contributed by atoms with Crippen LogP contribution < -0.4 is 11.2 Å². The molecule has 1 aromatic heterocycles. The maximum Gasteiger partial charge on any atom is 0.330 e. The van der Waals surface area contributed by atoms with Gasteiger partial charge >= 0.3 is 5.69 Å². The van der Waals surface area contributed by atoms with Crippen LogP contribution in [0.2, 0.25) is 0 Å². The summed E-state index contributed by atoms with van der Waals surface area (Å²) in [7, 11) is 0. The molecule has 0 bridgehead atoms. The lowest BCUT2D eigenvalue weighted by Gasteiger charge is -2.15. The molecular formula is C10H11F2N5O4. The van der Waals surface area contributed by atoms with E-state index in [1.165, 1.54) is 0 Å². The van der Waals surface area contributed by atoms with Gasteiger partial charge in [0.1, 0.15) is 6.23 Å². The maximum absolute atomic E-state index is 12.7. The highest BCUT2D eigenvalue weighted by Gasteiger charge is 2.36. The highest BCUT2D eigenvalue weighted by molar-refractivity contribution is 5.06. The van der Waals surface area contributed by atoms with Crippen molar-refractivity contribution in [1.29, 1.82) is 0 Å². The van der Waals surface area contributed by atoms with E-state index < -0.39 is 48.2 Å². The standard InChI is InChI=1S/C10H11F2N5O4/c11-8(12)4-2-17(10(20)14-9(4)19)7-1-5(15-16-13)6(3-18)21-7/h2,5-8,18H,1,3H2,(H,14,19,20)/t5-,6+,7+/m0/s1/i11-1/t5-,6+,7+,8?. The molecule has 2 N–H and O–H groups in total. The Morgan fingerprint density at radius 3 is 2.90 bits per heavy atom. The molecule has 1 aliphatic rings. The Morgan fingerprint density at radius 1 is 1.62 bits per heavy atom. The van der Waals surface area contributed by atoms with Gasteiger partial charge in [-0.15, -0.1) is 0 Å². The topological polar surface area (TPSA) is 133 Å². The summed E-state index contributed by atoms with van der Waals surface area (Å²) in [5.41, 5.74) is 5.45. The van der Waals surface area contributed by atoms with Gasteiger partial charge in [-0.25, -0.2) is 13.6 Å². The number of halogens is 2. The average Bonchev–Trinajstić information content (AvgIpc) is 2.81. The first-order valence-electron chi connectivity index (χ1n) is 5.92. The number of azide groups is 1. The van der Waals surface area contributed by atoms with Crippen LogP contribution in [0.4, 0.5) is 8.78 Å². The SMILES string of the molecule is [N-]=[N+]=N[C@H]1C[C@H](n2cc(C(F)[18F])c(=O)[nH]c2=O)O[C@@H]1CO. The second kappa shape index (κ2) is 6.04. The third-order valence-corrected chi connectivity index (χ3v) is 3.12. The Balaban J connectivity index is 2.39. The molecule has 1 fully saturated rings. The highest BCUT2D eigenvalue weighted by Crippen LogP contribution is 2.30. The molecule has 0 saturated carbocycles. The van der Waals surface area contributed by atoms with Crippen molar-refractivity contribution >= 4 is 0 Å². The van der Waals surface area contributed by atoms with Gasteiger partial charge in [-0.1, -0.05) is 5.11 Å². The molecule has 114 valence electrons. The summed E-state index contributed by atoms with van der Waals surface area (Å²) in [6.07, 6.45) is -4.18. The molecule has 9 nitrogen and oxygen atoms in total. The van der Waals surface area contributed by atoms with E-state index in [-0.39, 0.29) is 6.42 Å². The second-order valence-corrected chi connectivity index (χ2v) is 4.37. The Hall–Kier alpha value is -2.23. The van der Waals surface area contributed by atoms with E-state index in [2.05, 4.69) is 10.0 Å². The van der Waals surface area contributed by atoms with E-state index in [1.807, 2.05) is 0 Å². The first-order chi connectivity index (χ1) is 9.97. The summed E-state index contributed by atoms with van der Waals surface area (Å²) in [6.45, 7) is -0.458. The quantitative estimate of drug-likeness (QED) is 0.474. The van der Waals surface area contributed by atoms with Crippen LogP contribution in [0.1, 0.15) is 24.6 Å². The predicted molar refractivity (Wildman–Crippen MR) is 64.8 cm³/mol. The Bertz CT molecular complexity index is 681. The molecule has 1 aliphatic heterocycles. The molecule has 0 spiro atoms. The number of aliphatic hydroxyl groups is 1. The molecule has 4 atom stereocenters. The number of alkyl halides is 2. The van der Waals surface area contributed by atoms with Crippen molar-refractivity contribution in [3.05, 3.63) is 43.0 Å². The summed E-state index contributed by atoms with van der Waals surface area (Å²) < 4.78 is 31.5. The van der Waals surface area contributed by atoms with E-state index in [1.54, 1.807) is 4.98 Å². The second-order valence-electron chi connectivity index (χ2n) is 4.37. The van der Waals surface area contributed by atoms with E-state index in [9.17, 15) is 18.4 Å². The van der Waals surface area contributed by atoms with Crippen LogP contribution in [-0.4, -0.2) is 33.4 Å². The minimum atomic E-state index is -3.05. The molecule has 1 unspecified atom stereocenters. The monoisotopic (exact) mass is 302 g/mol. The number of hydrogen-bond donors (Lipinski definition) is 2.